The van der Waals surface area contributed by atoms with Crippen molar-refractivity contribution in [3.63, 3.8) is 0 Å². The van der Waals surface area contributed by atoms with E-state index in [4.69, 9.17) is 10.5 Å². The van der Waals surface area contributed by atoms with Crippen LogP contribution in [0.1, 0.15) is 6.92 Å². The van der Waals surface area contributed by atoms with Gasteiger partial charge in [-0.15, -0.1) is 0 Å². The molecule has 0 bridgehead atoms. The highest BCUT2D eigenvalue weighted by atomic mass is 16.5. The average Bonchev–Trinajstić information content (AvgIpc) is 2.78. The predicted octanol–water partition coefficient (Wildman–Crippen LogP) is -0.358. The second-order valence-corrected chi connectivity index (χ2v) is 5.21. The average molecular weight is 295 g/mol. The van der Waals surface area contributed by atoms with E-state index < -0.39 is 18.2 Å². The third kappa shape index (κ3) is 3.44. The first kappa shape index (κ1) is 15.6. The summed E-state index contributed by atoms with van der Waals surface area (Å²) in [6.07, 6.45) is -1.63. The molecule has 1 saturated heterocycles. The van der Waals surface area contributed by atoms with E-state index in [0.29, 0.717) is 17.1 Å². The number of carbonyl (C=O) groups is 1. The molecule has 1 aromatic carbocycles. The van der Waals surface area contributed by atoms with E-state index in [1.54, 1.807) is 30.0 Å². The van der Waals surface area contributed by atoms with Gasteiger partial charge in [0.05, 0.1) is 31.0 Å². The Balaban J connectivity index is 2.06. The van der Waals surface area contributed by atoms with Crippen molar-refractivity contribution >= 4 is 17.3 Å². The molecule has 0 saturated carbocycles. The van der Waals surface area contributed by atoms with Crippen molar-refractivity contribution in [2.75, 3.05) is 31.2 Å². The summed E-state index contributed by atoms with van der Waals surface area (Å²) in [7, 11) is 1.51. The number of methoxy groups -OCH3 is 1. The molecule has 5 N–H and O–H groups in total. The monoisotopic (exact) mass is 295 g/mol. The quantitative estimate of drug-likeness (QED) is 0.565. The summed E-state index contributed by atoms with van der Waals surface area (Å²) in [5.41, 5.74) is 6.72. The number of nitrogens with two attached hydrogens (primary N) is 1. The topological polar surface area (TPSA) is 108 Å². The first-order valence-corrected chi connectivity index (χ1v) is 6.77. The van der Waals surface area contributed by atoms with E-state index in [1.165, 1.54) is 7.11 Å². The van der Waals surface area contributed by atoms with Crippen molar-refractivity contribution in [1.82, 2.24) is 4.90 Å². The number of aliphatic hydroxyl groups excluding tert-OH is 2. The third-order valence-corrected chi connectivity index (χ3v) is 3.70. The van der Waals surface area contributed by atoms with Gasteiger partial charge in [0.25, 0.3) is 0 Å². The summed E-state index contributed by atoms with van der Waals surface area (Å²) < 4.78 is 5.18. The van der Waals surface area contributed by atoms with Crippen molar-refractivity contribution in [1.29, 1.82) is 0 Å². The van der Waals surface area contributed by atoms with Gasteiger partial charge in [0.1, 0.15) is 5.75 Å². The summed E-state index contributed by atoms with van der Waals surface area (Å²) >= 11 is 0. The Morgan fingerprint density at radius 1 is 1.43 bits per heavy atom. The standard InChI is InChI=1S/C14H21N3O4/c1-8(17-6-11(18)12(19)7-17)14(20)16-10-5-9(15)3-4-13(10)21-2/h3-5,8,11-12,18-19H,6-7,15H2,1-2H3,(H,16,20). The summed E-state index contributed by atoms with van der Waals surface area (Å²) in [4.78, 5) is 14.0. The molecule has 3 atom stereocenters. The fourth-order valence-electron chi connectivity index (χ4n) is 2.34. The number of amides is 1. The largest absolute Gasteiger partial charge is 0.495 e. The number of β-amino-alcohol motifs (C(OH)–C–C–N with tert-alkyl or cyclic N) is 2. The van der Waals surface area contributed by atoms with E-state index in [-0.39, 0.29) is 19.0 Å². The zero-order chi connectivity index (χ0) is 15.6. The van der Waals surface area contributed by atoms with Crippen molar-refractivity contribution in [2.24, 2.45) is 0 Å². The number of ether oxygens (including phenoxy) is 1. The molecule has 3 unspecified atom stereocenters. The van der Waals surface area contributed by atoms with Gasteiger partial charge in [0.2, 0.25) is 5.91 Å². The second kappa shape index (κ2) is 6.30. The first-order chi connectivity index (χ1) is 9.92. The molecule has 7 nitrogen and oxygen atoms in total. The maximum atomic E-state index is 12.3. The fourth-order valence-corrected chi connectivity index (χ4v) is 2.34. The molecule has 2 rings (SSSR count). The van der Waals surface area contributed by atoms with Crippen molar-refractivity contribution in [2.45, 2.75) is 25.2 Å². The Morgan fingerprint density at radius 2 is 2.05 bits per heavy atom. The van der Waals surface area contributed by atoms with Gasteiger partial charge >= 0.3 is 0 Å². The van der Waals surface area contributed by atoms with Crippen LogP contribution in [0.4, 0.5) is 11.4 Å². The van der Waals surface area contributed by atoms with Gasteiger partial charge in [-0.1, -0.05) is 0 Å². The third-order valence-electron chi connectivity index (χ3n) is 3.70. The maximum absolute atomic E-state index is 12.3. The highest BCUT2D eigenvalue weighted by Gasteiger charge is 2.34. The van der Waals surface area contributed by atoms with Crippen molar-refractivity contribution in [3.8, 4) is 5.75 Å². The van der Waals surface area contributed by atoms with Crippen molar-refractivity contribution < 1.29 is 19.7 Å². The summed E-state index contributed by atoms with van der Waals surface area (Å²) in [6, 6.07) is 4.50. The molecule has 1 heterocycles. The number of anilines is 2. The molecule has 1 amide bonds. The molecule has 1 aliphatic heterocycles. The van der Waals surface area contributed by atoms with Gasteiger partial charge in [-0.2, -0.15) is 0 Å². The van der Waals surface area contributed by atoms with Crippen LogP contribution >= 0.6 is 0 Å². The van der Waals surface area contributed by atoms with Gasteiger partial charge in [0.15, 0.2) is 0 Å². The number of hydrogen-bond donors (Lipinski definition) is 4. The van der Waals surface area contributed by atoms with Gasteiger partial charge in [-0.25, -0.2) is 0 Å². The predicted molar refractivity (Wildman–Crippen MR) is 79.1 cm³/mol. The van der Waals surface area contributed by atoms with Crippen LogP contribution in [0.15, 0.2) is 18.2 Å². The van der Waals surface area contributed by atoms with E-state index in [2.05, 4.69) is 5.32 Å². The Morgan fingerprint density at radius 3 is 2.62 bits per heavy atom. The van der Waals surface area contributed by atoms with Gasteiger partial charge < -0.3 is 26.0 Å². The Bertz CT molecular complexity index is 513. The Labute approximate surface area is 123 Å². The number of nitrogens with one attached hydrogen (secondary N) is 1. The molecule has 1 fully saturated rings. The lowest BCUT2D eigenvalue weighted by Gasteiger charge is -2.23. The normalized spacial score (nSPS) is 23.8. The minimum atomic E-state index is -0.817. The second-order valence-electron chi connectivity index (χ2n) is 5.21. The molecule has 0 aromatic heterocycles. The molecule has 0 spiro atoms. The highest BCUT2D eigenvalue weighted by Crippen LogP contribution is 2.27. The number of nitrogen functional groups attached to an aromatic ring is 1. The van der Waals surface area contributed by atoms with E-state index >= 15 is 0 Å². The number of likely N-dealkylation sites (tertiary alicyclic amines) is 1. The summed E-state index contributed by atoms with van der Waals surface area (Å²) in [5.74, 6) is 0.270. The lowest BCUT2D eigenvalue weighted by molar-refractivity contribution is -0.120. The van der Waals surface area contributed by atoms with Crippen LogP contribution < -0.4 is 15.8 Å². The van der Waals surface area contributed by atoms with Crippen LogP contribution in [0.3, 0.4) is 0 Å². The number of benzene rings is 1. The fraction of sp³-hybridized carbons (Fsp3) is 0.500. The van der Waals surface area contributed by atoms with Gasteiger partial charge in [-0.05, 0) is 25.1 Å². The maximum Gasteiger partial charge on any atom is 0.241 e. The van der Waals surface area contributed by atoms with Crippen molar-refractivity contribution in [3.05, 3.63) is 18.2 Å². The molecule has 1 aromatic rings. The first-order valence-electron chi connectivity index (χ1n) is 6.77. The smallest absolute Gasteiger partial charge is 0.241 e. The lowest BCUT2D eigenvalue weighted by Crippen LogP contribution is -2.41. The Kier molecular flexibility index (Phi) is 4.66. The molecule has 7 heteroatoms. The Hall–Kier alpha value is -1.83. The lowest BCUT2D eigenvalue weighted by atomic mass is 10.2. The van der Waals surface area contributed by atoms with Crippen LogP contribution in [0.5, 0.6) is 5.75 Å². The van der Waals surface area contributed by atoms with Gasteiger partial charge in [0, 0.05) is 18.8 Å². The summed E-state index contributed by atoms with van der Waals surface area (Å²) in [6.45, 7) is 2.26. The summed E-state index contributed by atoms with van der Waals surface area (Å²) in [5, 5.41) is 21.9. The number of rotatable bonds is 4. The number of nitrogens with zero attached hydrogens (tertiary/aromatic N) is 1. The number of aliphatic hydroxyl groups is 2. The zero-order valence-electron chi connectivity index (χ0n) is 12.1. The van der Waals surface area contributed by atoms with Crippen LogP contribution in [0, 0.1) is 0 Å². The number of hydrogen-bond acceptors (Lipinski definition) is 6. The van der Waals surface area contributed by atoms with Gasteiger partial charge in [-0.3, -0.25) is 9.69 Å². The molecule has 1 aliphatic rings. The number of carbonyl (C=O) groups excluding carboxylic acids is 1. The minimum Gasteiger partial charge on any atom is -0.495 e. The van der Waals surface area contributed by atoms with Crippen LogP contribution in [-0.4, -0.2) is 59.5 Å². The van der Waals surface area contributed by atoms with Crippen LogP contribution in [0.25, 0.3) is 0 Å². The minimum absolute atomic E-state index is 0.250. The van der Waals surface area contributed by atoms with E-state index in [0.717, 1.165) is 0 Å². The molecular formula is C14H21N3O4. The van der Waals surface area contributed by atoms with E-state index in [9.17, 15) is 15.0 Å². The molecule has 0 aliphatic carbocycles. The SMILES string of the molecule is COc1ccc(N)cc1NC(=O)C(C)N1CC(O)C(O)C1. The molecule has 0 radical (unpaired) electrons. The van der Waals surface area contributed by atoms with Crippen LogP contribution in [0.2, 0.25) is 0 Å². The molecule has 21 heavy (non-hydrogen) atoms. The highest BCUT2D eigenvalue weighted by molar-refractivity contribution is 5.96. The molecule has 116 valence electrons. The van der Waals surface area contributed by atoms with Crippen LogP contribution in [-0.2, 0) is 4.79 Å². The van der Waals surface area contributed by atoms with E-state index in [1.807, 2.05) is 0 Å². The zero-order valence-corrected chi connectivity index (χ0v) is 12.1. The molecular weight excluding hydrogens is 274 g/mol.